The van der Waals surface area contributed by atoms with Gasteiger partial charge in [-0.3, -0.25) is 4.79 Å². The Morgan fingerprint density at radius 1 is 1.50 bits per heavy atom. The lowest BCUT2D eigenvalue weighted by molar-refractivity contribution is -0.120. The zero-order valence-electron chi connectivity index (χ0n) is 9.18. The molecule has 0 fully saturated rings. The minimum atomic E-state index is 0.0852. The molecule has 0 radical (unpaired) electrons. The van der Waals surface area contributed by atoms with Gasteiger partial charge in [0.25, 0.3) is 0 Å². The van der Waals surface area contributed by atoms with Crippen LogP contribution in [0, 0.1) is 0 Å². The van der Waals surface area contributed by atoms with Crippen LogP contribution in [-0.2, 0) is 4.79 Å². The molecule has 0 aliphatic heterocycles. The van der Waals surface area contributed by atoms with Crippen molar-refractivity contribution < 1.29 is 9.90 Å². The maximum absolute atomic E-state index is 10.9. The molecule has 84 valence electrons. The summed E-state index contributed by atoms with van der Waals surface area (Å²) in [7, 11) is 1.65. The lowest BCUT2D eigenvalue weighted by Gasteiger charge is -2.15. The highest BCUT2D eigenvalue weighted by atomic mass is 16.3. The molecular formula is C10H22N2O2. The van der Waals surface area contributed by atoms with Crippen molar-refractivity contribution in [3.8, 4) is 0 Å². The van der Waals surface area contributed by atoms with E-state index in [0.29, 0.717) is 12.5 Å². The minimum absolute atomic E-state index is 0.0852. The molecule has 0 aromatic carbocycles. The van der Waals surface area contributed by atoms with Gasteiger partial charge in [0.15, 0.2) is 0 Å². The van der Waals surface area contributed by atoms with E-state index in [-0.39, 0.29) is 12.5 Å². The van der Waals surface area contributed by atoms with Crippen LogP contribution < -0.4 is 10.6 Å². The largest absolute Gasteiger partial charge is 0.396 e. The second-order valence-corrected chi connectivity index (χ2v) is 3.35. The first-order valence-corrected chi connectivity index (χ1v) is 5.29. The number of hydrogen-bond donors (Lipinski definition) is 3. The number of aliphatic hydroxyl groups is 1. The summed E-state index contributed by atoms with van der Waals surface area (Å²) >= 11 is 0. The molecule has 1 atom stereocenters. The molecule has 0 aliphatic carbocycles. The standard InChI is InChI=1S/C10H22N2O2/c1-3-9(6-8-13)12-7-4-5-10(14)11-2/h9,12-13H,3-8H2,1-2H3,(H,11,14). The Morgan fingerprint density at radius 2 is 2.21 bits per heavy atom. The van der Waals surface area contributed by atoms with E-state index >= 15 is 0 Å². The summed E-state index contributed by atoms with van der Waals surface area (Å²) in [5.74, 6) is 0.0852. The summed E-state index contributed by atoms with van der Waals surface area (Å²) in [6, 6.07) is 0.379. The molecule has 0 spiro atoms. The highest BCUT2D eigenvalue weighted by Gasteiger charge is 2.04. The van der Waals surface area contributed by atoms with Crippen molar-refractivity contribution in [1.82, 2.24) is 10.6 Å². The van der Waals surface area contributed by atoms with Gasteiger partial charge >= 0.3 is 0 Å². The number of nitrogens with one attached hydrogen (secondary N) is 2. The molecule has 0 aromatic rings. The second-order valence-electron chi connectivity index (χ2n) is 3.35. The van der Waals surface area contributed by atoms with Crippen molar-refractivity contribution >= 4 is 5.91 Å². The van der Waals surface area contributed by atoms with Gasteiger partial charge in [-0.05, 0) is 25.8 Å². The van der Waals surface area contributed by atoms with Crippen molar-refractivity contribution in [1.29, 1.82) is 0 Å². The Morgan fingerprint density at radius 3 is 2.71 bits per heavy atom. The molecule has 0 saturated heterocycles. The van der Waals surface area contributed by atoms with Crippen LogP contribution >= 0.6 is 0 Å². The van der Waals surface area contributed by atoms with Gasteiger partial charge in [-0.1, -0.05) is 6.92 Å². The molecular weight excluding hydrogens is 180 g/mol. The van der Waals surface area contributed by atoms with E-state index in [4.69, 9.17) is 5.11 Å². The second kappa shape index (κ2) is 8.97. The van der Waals surface area contributed by atoms with Crippen LogP contribution in [0.25, 0.3) is 0 Å². The topological polar surface area (TPSA) is 61.4 Å². The van der Waals surface area contributed by atoms with Crippen molar-refractivity contribution in [2.24, 2.45) is 0 Å². The van der Waals surface area contributed by atoms with Crippen molar-refractivity contribution in [2.75, 3.05) is 20.2 Å². The van der Waals surface area contributed by atoms with Gasteiger partial charge in [-0.2, -0.15) is 0 Å². The van der Waals surface area contributed by atoms with E-state index < -0.39 is 0 Å². The smallest absolute Gasteiger partial charge is 0.219 e. The van der Waals surface area contributed by atoms with Crippen LogP contribution in [0.2, 0.25) is 0 Å². The summed E-state index contributed by atoms with van der Waals surface area (Å²) in [5.41, 5.74) is 0. The molecule has 4 nitrogen and oxygen atoms in total. The number of hydrogen-bond acceptors (Lipinski definition) is 3. The summed E-state index contributed by atoms with van der Waals surface area (Å²) in [6.07, 6.45) is 3.22. The molecule has 0 bridgehead atoms. The average Bonchev–Trinajstić information content (AvgIpc) is 2.22. The number of carbonyl (C=O) groups excluding carboxylic acids is 1. The van der Waals surface area contributed by atoms with Crippen LogP contribution in [0.5, 0.6) is 0 Å². The van der Waals surface area contributed by atoms with Crippen molar-refractivity contribution in [3.63, 3.8) is 0 Å². The highest BCUT2D eigenvalue weighted by Crippen LogP contribution is 1.97. The molecule has 1 amide bonds. The van der Waals surface area contributed by atoms with Crippen LogP contribution in [0.3, 0.4) is 0 Å². The van der Waals surface area contributed by atoms with Crippen LogP contribution in [0.1, 0.15) is 32.6 Å². The number of aliphatic hydroxyl groups excluding tert-OH is 1. The number of amides is 1. The Balaban J connectivity index is 3.37. The van der Waals surface area contributed by atoms with Crippen LogP contribution in [0.15, 0.2) is 0 Å². The lowest BCUT2D eigenvalue weighted by atomic mass is 10.1. The molecule has 0 aromatic heterocycles. The Kier molecular flexibility index (Phi) is 8.57. The first kappa shape index (κ1) is 13.4. The van der Waals surface area contributed by atoms with E-state index in [0.717, 1.165) is 25.8 Å². The maximum atomic E-state index is 10.9. The summed E-state index contributed by atoms with van der Waals surface area (Å²) in [4.78, 5) is 10.9. The molecule has 3 N–H and O–H groups in total. The number of carbonyl (C=O) groups is 1. The molecule has 1 unspecified atom stereocenters. The summed E-state index contributed by atoms with van der Waals surface area (Å²) in [5, 5.41) is 14.6. The van der Waals surface area contributed by atoms with Crippen LogP contribution in [-0.4, -0.2) is 37.3 Å². The molecule has 0 heterocycles. The summed E-state index contributed by atoms with van der Waals surface area (Å²) in [6.45, 7) is 3.15. The lowest BCUT2D eigenvalue weighted by Crippen LogP contribution is -2.31. The quantitative estimate of drug-likeness (QED) is 0.495. The maximum Gasteiger partial charge on any atom is 0.219 e. The first-order valence-electron chi connectivity index (χ1n) is 5.29. The van der Waals surface area contributed by atoms with Crippen molar-refractivity contribution in [3.05, 3.63) is 0 Å². The third kappa shape index (κ3) is 6.86. The fourth-order valence-electron chi connectivity index (χ4n) is 1.29. The van der Waals surface area contributed by atoms with Gasteiger partial charge in [0.05, 0.1) is 0 Å². The van der Waals surface area contributed by atoms with Gasteiger partial charge < -0.3 is 15.7 Å². The predicted octanol–water partition coefficient (Wildman–Crippen LogP) is 0.263. The zero-order chi connectivity index (χ0) is 10.8. The normalized spacial score (nSPS) is 12.5. The van der Waals surface area contributed by atoms with Gasteiger partial charge in [0, 0.05) is 26.1 Å². The van der Waals surface area contributed by atoms with E-state index in [9.17, 15) is 4.79 Å². The summed E-state index contributed by atoms with van der Waals surface area (Å²) < 4.78 is 0. The van der Waals surface area contributed by atoms with Crippen molar-refractivity contribution in [2.45, 2.75) is 38.6 Å². The van der Waals surface area contributed by atoms with Gasteiger partial charge in [-0.25, -0.2) is 0 Å². The Bertz CT molecular complexity index is 151. The molecule has 0 aliphatic rings. The zero-order valence-corrected chi connectivity index (χ0v) is 9.18. The van der Waals surface area contributed by atoms with Gasteiger partial charge in [0.2, 0.25) is 5.91 Å². The first-order chi connectivity index (χ1) is 6.74. The van der Waals surface area contributed by atoms with Gasteiger partial charge in [-0.15, -0.1) is 0 Å². The monoisotopic (exact) mass is 202 g/mol. The van der Waals surface area contributed by atoms with E-state index in [1.807, 2.05) is 0 Å². The highest BCUT2D eigenvalue weighted by molar-refractivity contribution is 5.75. The molecule has 14 heavy (non-hydrogen) atoms. The SMILES string of the molecule is CCC(CCO)NCCCC(=O)NC. The Labute approximate surface area is 86.1 Å². The van der Waals surface area contributed by atoms with Crippen LogP contribution in [0.4, 0.5) is 0 Å². The predicted molar refractivity (Wildman–Crippen MR) is 57.1 cm³/mol. The van der Waals surface area contributed by atoms with E-state index in [1.54, 1.807) is 7.05 Å². The third-order valence-corrected chi connectivity index (χ3v) is 2.26. The average molecular weight is 202 g/mol. The third-order valence-electron chi connectivity index (χ3n) is 2.26. The van der Waals surface area contributed by atoms with E-state index in [1.165, 1.54) is 0 Å². The Hall–Kier alpha value is -0.610. The molecule has 0 saturated carbocycles. The fraction of sp³-hybridized carbons (Fsp3) is 0.900. The van der Waals surface area contributed by atoms with Gasteiger partial charge in [0.1, 0.15) is 0 Å². The van der Waals surface area contributed by atoms with E-state index in [2.05, 4.69) is 17.6 Å². The molecule has 0 rings (SSSR count). The minimum Gasteiger partial charge on any atom is -0.396 e. The fourth-order valence-corrected chi connectivity index (χ4v) is 1.29. The molecule has 4 heteroatoms. The number of rotatable bonds is 8.